The van der Waals surface area contributed by atoms with Gasteiger partial charge in [0.1, 0.15) is 5.69 Å². The van der Waals surface area contributed by atoms with Gasteiger partial charge < -0.3 is 14.2 Å². The van der Waals surface area contributed by atoms with E-state index in [-0.39, 0.29) is 17.8 Å². The molecule has 1 aliphatic heterocycles. The molecule has 1 amide bonds. The number of fused-ring (bicyclic) bond motifs is 1. The van der Waals surface area contributed by atoms with Crippen LogP contribution in [0.2, 0.25) is 0 Å². The summed E-state index contributed by atoms with van der Waals surface area (Å²) >= 11 is 0. The number of nitrogens with one attached hydrogen (secondary N) is 1. The normalized spacial score (nSPS) is 15.2. The van der Waals surface area contributed by atoms with Crippen LogP contribution in [0.4, 0.5) is 0 Å². The summed E-state index contributed by atoms with van der Waals surface area (Å²) in [7, 11) is 1.40. The molecule has 2 aromatic heterocycles. The summed E-state index contributed by atoms with van der Waals surface area (Å²) in [5.74, 6) is -0.405. The number of para-hydroxylation sites is 1. The van der Waals surface area contributed by atoms with Crippen molar-refractivity contribution < 1.29 is 14.3 Å². The Morgan fingerprint density at radius 1 is 1.22 bits per heavy atom. The minimum atomic E-state index is -0.192. The van der Waals surface area contributed by atoms with Gasteiger partial charge in [0.25, 0.3) is 5.91 Å². The van der Waals surface area contributed by atoms with Crippen molar-refractivity contribution in [1.29, 1.82) is 0 Å². The van der Waals surface area contributed by atoms with Crippen LogP contribution < -0.4 is 0 Å². The fourth-order valence-electron chi connectivity index (χ4n) is 3.66. The number of piperidine rings is 1. The van der Waals surface area contributed by atoms with Crippen LogP contribution in [-0.4, -0.2) is 51.7 Å². The van der Waals surface area contributed by atoms with E-state index in [9.17, 15) is 9.59 Å². The van der Waals surface area contributed by atoms with Crippen LogP contribution in [0.3, 0.4) is 0 Å². The van der Waals surface area contributed by atoms with Crippen LogP contribution in [0.25, 0.3) is 10.9 Å². The molecule has 140 valence electrons. The number of aromatic amines is 1. The van der Waals surface area contributed by atoms with Gasteiger partial charge in [0.15, 0.2) is 0 Å². The predicted molar refractivity (Wildman–Crippen MR) is 100 cm³/mol. The highest BCUT2D eigenvalue weighted by Gasteiger charge is 2.29. The molecular formula is C20H22N4O3. The largest absolute Gasteiger partial charge is 0.469 e. The Bertz CT molecular complexity index is 966. The van der Waals surface area contributed by atoms with E-state index in [2.05, 4.69) is 33.0 Å². The van der Waals surface area contributed by atoms with Crippen molar-refractivity contribution in [2.45, 2.75) is 19.4 Å². The van der Waals surface area contributed by atoms with Crippen molar-refractivity contribution in [3.63, 3.8) is 0 Å². The van der Waals surface area contributed by atoms with Gasteiger partial charge in [0.05, 0.1) is 25.3 Å². The zero-order valence-electron chi connectivity index (χ0n) is 15.2. The number of likely N-dealkylation sites (tertiary alicyclic amines) is 1. The van der Waals surface area contributed by atoms with Gasteiger partial charge in [0, 0.05) is 24.8 Å². The van der Waals surface area contributed by atoms with Gasteiger partial charge in [-0.25, -0.2) is 0 Å². The van der Waals surface area contributed by atoms with Crippen LogP contribution in [-0.2, 0) is 16.1 Å². The fraction of sp³-hybridized carbons (Fsp3) is 0.350. The molecule has 0 saturated carbocycles. The lowest BCUT2D eigenvalue weighted by atomic mass is 9.97. The SMILES string of the molecule is COC(=O)C1CCN(C(=O)c2cc(Cn3ccc4ccccc43)[nH]n2)CC1. The summed E-state index contributed by atoms with van der Waals surface area (Å²) in [5.41, 5.74) is 2.44. The number of rotatable bonds is 4. The standard InChI is InChI=1S/C20H22N4O3/c1-27-20(26)15-7-9-23(10-8-15)19(25)17-12-16(21-22-17)13-24-11-6-14-4-2-3-5-18(14)24/h2-6,11-12,15H,7-10,13H2,1H3,(H,21,22). The number of amides is 1. The zero-order chi connectivity index (χ0) is 18.8. The molecule has 0 radical (unpaired) electrons. The number of hydrogen-bond acceptors (Lipinski definition) is 4. The molecule has 0 bridgehead atoms. The van der Waals surface area contributed by atoms with Crippen molar-refractivity contribution >= 4 is 22.8 Å². The predicted octanol–water partition coefficient (Wildman–Crippen LogP) is 2.44. The smallest absolute Gasteiger partial charge is 0.308 e. The molecule has 1 fully saturated rings. The van der Waals surface area contributed by atoms with Gasteiger partial charge in [0.2, 0.25) is 0 Å². The molecule has 3 heterocycles. The molecule has 1 N–H and O–H groups in total. The highest BCUT2D eigenvalue weighted by Crippen LogP contribution is 2.20. The summed E-state index contributed by atoms with van der Waals surface area (Å²) in [6, 6.07) is 12.1. The van der Waals surface area contributed by atoms with E-state index in [1.807, 2.05) is 24.4 Å². The monoisotopic (exact) mass is 366 g/mol. The molecule has 0 atom stereocenters. The first-order valence-corrected chi connectivity index (χ1v) is 9.11. The molecule has 0 spiro atoms. The van der Waals surface area contributed by atoms with E-state index < -0.39 is 0 Å². The lowest BCUT2D eigenvalue weighted by Gasteiger charge is -2.30. The summed E-state index contributed by atoms with van der Waals surface area (Å²) in [4.78, 5) is 26.1. The molecule has 7 heteroatoms. The molecule has 7 nitrogen and oxygen atoms in total. The summed E-state index contributed by atoms with van der Waals surface area (Å²) < 4.78 is 6.92. The number of aromatic nitrogens is 3. The highest BCUT2D eigenvalue weighted by atomic mass is 16.5. The van der Waals surface area contributed by atoms with Crippen LogP contribution in [0.15, 0.2) is 42.6 Å². The average Bonchev–Trinajstić information content (AvgIpc) is 3.35. The third-order valence-corrected chi connectivity index (χ3v) is 5.19. The molecule has 0 unspecified atom stereocenters. The molecular weight excluding hydrogens is 344 g/mol. The number of carbonyl (C=O) groups excluding carboxylic acids is 2. The Kier molecular flexibility index (Phi) is 4.66. The second kappa shape index (κ2) is 7.26. The van der Waals surface area contributed by atoms with Gasteiger partial charge in [-0.15, -0.1) is 0 Å². The first-order valence-electron chi connectivity index (χ1n) is 9.11. The van der Waals surface area contributed by atoms with Crippen molar-refractivity contribution in [2.75, 3.05) is 20.2 Å². The second-order valence-corrected chi connectivity index (χ2v) is 6.87. The third-order valence-electron chi connectivity index (χ3n) is 5.19. The van der Waals surface area contributed by atoms with Crippen LogP contribution in [0, 0.1) is 5.92 Å². The van der Waals surface area contributed by atoms with E-state index in [4.69, 9.17) is 4.74 Å². The number of ether oxygens (including phenoxy) is 1. The van der Waals surface area contributed by atoms with Gasteiger partial charge >= 0.3 is 5.97 Å². The summed E-state index contributed by atoms with van der Waals surface area (Å²) in [6.07, 6.45) is 3.29. The Morgan fingerprint density at radius 3 is 2.78 bits per heavy atom. The Labute approximate surface area is 156 Å². The number of hydrogen-bond donors (Lipinski definition) is 1. The number of benzene rings is 1. The van der Waals surface area contributed by atoms with Crippen molar-refractivity contribution in [2.24, 2.45) is 5.92 Å². The fourth-order valence-corrected chi connectivity index (χ4v) is 3.66. The lowest BCUT2D eigenvalue weighted by Crippen LogP contribution is -2.40. The maximum Gasteiger partial charge on any atom is 0.308 e. The number of methoxy groups -OCH3 is 1. The van der Waals surface area contributed by atoms with Crippen molar-refractivity contribution in [3.05, 3.63) is 54.0 Å². The maximum atomic E-state index is 12.7. The number of nitrogens with zero attached hydrogens (tertiary/aromatic N) is 3. The van der Waals surface area contributed by atoms with E-state index in [0.717, 1.165) is 11.2 Å². The zero-order valence-corrected chi connectivity index (χ0v) is 15.2. The van der Waals surface area contributed by atoms with E-state index in [0.29, 0.717) is 38.2 Å². The van der Waals surface area contributed by atoms with Crippen LogP contribution in [0.5, 0.6) is 0 Å². The lowest BCUT2D eigenvalue weighted by molar-refractivity contribution is -0.146. The number of esters is 1. The Balaban J connectivity index is 1.42. The van der Waals surface area contributed by atoms with E-state index >= 15 is 0 Å². The summed E-state index contributed by atoms with van der Waals surface area (Å²) in [5, 5.41) is 8.36. The highest BCUT2D eigenvalue weighted by molar-refractivity contribution is 5.92. The van der Waals surface area contributed by atoms with E-state index in [1.165, 1.54) is 12.5 Å². The molecule has 1 aromatic carbocycles. The third kappa shape index (κ3) is 3.45. The van der Waals surface area contributed by atoms with Gasteiger partial charge in [-0.05, 0) is 36.4 Å². The van der Waals surface area contributed by atoms with Gasteiger partial charge in [-0.2, -0.15) is 5.10 Å². The molecule has 27 heavy (non-hydrogen) atoms. The molecule has 0 aliphatic carbocycles. The van der Waals surface area contributed by atoms with Crippen molar-refractivity contribution in [3.8, 4) is 0 Å². The minimum Gasteiger partial charge on any atom is -0.469 e. The first-order chi connectivity index (χ1) is 13.2. The van der Waals surface area contributed by atoms with Gasteiger partial charge in [-0.1, -0.05) is 18.2 Å². The second-order valence-electron chi connectivity index (χ2n) is 6.87. The molecule has 1 aliphatic rings. The number of carbonyl (C=O) groups is 2. The maximum absolute atomic E-state index is 12.7. The Hall–Kier alpha value is -3.09. The first kappa shape index (κ1) is 17.3. The van der Waals surface area contributed by atoms with Crippen molar-refractivity contribution in [1.82, 2.24) is 19.7 Å². The average molecular weight is 366 g/mol. The topological polar surface area (TPSA) is 80.2 Å². The minimum absolute atomic E-state index is 0.0989. The molecule has 4 rings (SSSR count). The van der Waals surface area contributed by atoms with Crippen LogP contribution in [0.1, 0.15) is 29.0 Å². The molecule has 1 saturated heterocycles. The summed E-state index contributed by atoms with van der Waals surface area (Å²) in [6.45, 7) is 1.71. The Morgan fingerprint density at radius 2 is 2.00 bits per heavy atom. The van der Waals surface area contributed by atoms with E-state index in [1.54, 1.807) is 4.90 Å². The van der Waals surface area contributed by atoms with Crippen LogP contribution >= 0.6 is 0 Å². The quantitative estimate of drug-likeness (QED) is 0.719. The van der Waals surface area contributed by atoms with Gasteiger partial charge in [-0.3, -0.25) is 14.7 Å². The number of H-pyrrole nitrogens is 1. The molecule has 3 aromatic rings.